The molecule has 3 heterocycles. The molecular formula is C20H26N4O2. The second-order valence-electron chi connectivity index (χ2n) is 7.31. The van der Waals surface area contributed by atoms with Crippen LogP contribution in [0.15, 0.2) is 35.3 Å². The standard InChI is InChI=1S/C20H26N4O2/c1-13(2)16-8-7-15(19(25)22-16)20(26)24-11-5-6-17(24)14-9-10-21-18(12-14)23(3)4/h7-10,12-13,17H,5-6,11H2,1-4H3,(H,22,25). The van der Waals surface area contributed by atoms with Gasteiger partial charge in [0, 0.05) is 32.5 Å². The maximum Gasteiger partial charge on any atom is 0.261 e. The number of aromatic amines is 1. The van der Waals surface area contributed by atoms with Gasteiger partial charge in [0.2, 0.25) is 0 Å². The molecule has 0 bridgehead atoms. The van der Waals surface area contributed by atoms with Gasteiger partial charge in [-0.25, -0.2) is 4.98 Å². The van der Waals surface area contributed by atoms with Gasteiger partial charge in [-0.05, 0) is 48.6 Å². The molecule has 1 fully saturated rings. The van der Waals surface area contributed by atoms with Gasteiger partial charge in [0.15, 0.2) is 0 Å². The summed E-state index contributed by atoms with van der Waals surface area (Å²) in [6, 6.07) is 7.44. The summed E-state index contributed by atoms with van der Waals surface area (Å²) in [5.74, 6) is 0.876. The highest BCUT2D eigenvalue weighted by Gasteiger charge is 2.32. The van der Waals surface area contributed by atoms with Crippen LogP contribution in [0.2, 0.25) is 0 Å². The number of anilines is 1. The van der Waals surface area contributed by atoms with E-state index in [1.54, 1.807) is 12.3 Å². The minimum absolute atomic E-state index is 0.0200. The van der Waals surface area contributed by atoms with Crippen LogP contribution in [0.1, 0.15) is 60.3 Å². The molecule has 1 atom stereocenters. The van der Waals surface area contributed by atoms with Gasteiger partial charge >= 0.3 is 0 Å². The maximum atomic E-state index is 13.0. The number of carbonyl (C=O) groups excluding carboxylic acids is 1. The number of H-pyrrole nitrogens is 1. The Labute approximate surface area is 153 Å². The average molecular weight is 354 g/mol. The van der Waals surface area contributed by atoms with E-state index < -0.39 is 0 Å². The molecule has 0 saturated carbocycles. The minimum Gasteiger partial charge on any atom is -0.363 e. The Morgan fingerprint density at radius 1 is 1.31 bits per heavy atom. The third-order valence-electron chi connectivity index (χ3n) is 4.91. The van der Waals surface area contributed by atoms with Crippen LogP contribution in [0.3, 0.4) is 0 Å². The third kappa shape index (κ3) is 3.49. The number of rotatable bonds is 4. The number of likely N-dealkylation sites (tertiary alicyclic amines) is 1. The van der Waals surface area contributed by atoms with Crippen LogP contribution in [0.4, 0.5) is 5.82 Å². The molecule has 3 rings (SSSR count). The molecule has 6 heteroatoms. The van der Waals surface area contributed by atoms with Crippen molar-refractivity contribution in [3.63, 3.8) is 0 Å². The number of nitrogens with zero attached hydrogens (tertiary/aromatic N) is 3. The van der Waals surface area contributed by atoms with E-state index in [1.807, 2.05) is 55.9 Å². The van der Waals surface area contributed by atoms with Crippen LogP contribution >= 0.6 is 0 Å². The van der Waals surface area contributed by atoms with E-state index in [1.165, 1.54) is 0 Å². The molecule has 26 heavy (non-hydrogen) atoms. The Morgan fingerprint density at radius 2 is 2.08 bits per heavy atom. The van der Waals surface area contributed by atoms with Crippen molar-refractivity contribution in [2.45, 2.75) is 38.6 Å². The highest BCUT2D eigenvalue weighted by molar-refractivity contribution is 5.94. The smallest absolute Gasteiger partial charge is 0.261 e. The molecule has 2 aromatic heterocycles. The summed E-state index contributed by atoms with van der Waals surface area (Å²) < 4.78 is 0. The van der Waals surface area contributed by atoms with Gasteiger partial charge < -0.3 is 14.8 Å². The van der Waals surface area contributed by atoms with Gasteiger partial charge in [-0.1, -0.05) is 13.8 Å². The minimum atomic E-state index is -0.310. The lowest BCUT2D eigenvalue weighted by molar-refractivity contribution is 0.0733. The van der Waals surface area contributed by atoms with Gasteiger partial charge in [-0.2, -0.15) is 0 Å². The molecule has 0 aliphatic carbocycles. The Balaban J connectivity index is 1.90. The number of nitrogens with one attached hydrogen (secondary N) is 1. The van der Waals surface area contributed by atoms with Gasteiger partial charge in [0.05, 0.1) is 6.04 Å². The van der Waals surface area contributed by atoms with E-state index in [0.717, 1.165) is 29.9 Å². The number of carbonyl (C=O) groups is 1. The second kappa shape index (κ2) is 7.32. The normalized spacial score (nSPS) is 17.0. The summed E-state index contributed by atoms with van der Waals surface area (Å²) in [6.45, 7) is 4.68. The summed E-state index contributed by atoms with van der Waals surface area (Å²) in [5.41, 5.74) is 1.80. The fraction of sp³-hybridized carbons (Fsp3) is 0.450. The molecule has 0 aromatic carbocycles. The molecule has 1 N–H and O–H groups in total. The highest BCUT2D eigenvalue weighted by atomic mass is 16.2. The van der Waals surface area contributed by atoms with Crippen molar-refractivity contribution >= 4 is 11.7 Å². The predicted molar refractivity (Wildman–Crippen MR) is 103 cm³/mol. The number of aromatic nitrogens is 2. The van der Waals surface area contributed by atoms with Crippen molar-refractivity contribution < 1.29 is 4.79 Å². The van der Waals surface area contributed by atoms with Crippen LogP contribution in [-0.4, -0.2) is 41.4 Å². The number of hydrogen-bond acceptors (Lipinski definition) is 4. The van der Waals surface area contributed by atoms with E-state index >= 15 is 0 Å². The Morgan fingerprint density at radius 3 is 2.73 bits per heavy atom. The Kier molecular flexibility index (Phi) is 5.11. The van der Waals surface area contributed by atoms with Crippen LogP contribution in [-0.2, 0) is 0 Å². The summed E-state index contributed by atoms with van der Waals surface area (Å²) in [7, 11) is 3.89. The molecule has 1 unspecified atom stereocenters. The summed E-state index contributed by atoms with van der Waals surface area (Å²) in [6.07, 6.45) is 3.60. The zero-order chi connectivity index (χ0) is 18.8. The summed E-state index contributed by atoms with van der Waals surface area (Å²) >= 11 is 0. The topological polar surface area (TPSA) is 69.3 Å². The first-order valence-corrected chi connectivity index (χ1v) is 9.06. The van der Waals surface area contributed by atoms with Gasteiger partial charge in [-0.3, -0.25) is 9.59 Å². The second-order valence-corrected chi connectivity index (χ2v) is 7.31. The van der Waals surface area contributed by atoms with Crippen LogP contribution in [0.25, 0.3) is 0 Å². The number of hydrogen-bond donors (Lipinski definition) is 1. The first kappa shape index (κ1) is 18.2. The van der Waals surface area contributed by atoms with E-state index in [9.17, 15) is 9.59 Å². The van der Waals surface area contributed by atoms with Crippen molar-refractivity contribution in [1.29, 1.82) is 0 Å². The van der Waals surface area contributed by atoms with Crippen molar-refractivity contribution in [2.24, 2.45) is 0 Å². The molecule has 6 nitrogen and oxygen atoms in total. The lowest BCUT2D eigenvalue weighted by Gasteiger charge is -2.25. The summed E-state index contributed by atoms with van der Waals surface area (Å²) in [4.78, 5) is 36.4. The van der Waals surface area contributed by atoms with E-state index in [2.05, 4.69) is 9.97 Å². The van der Waals surface area contributed by atoms with Crippen LogP contribution in [0.5, 0.6) is 0 Å². The number of amides is 1. The molecule has 1 aliphatic rings. The SMILES string of the molecule is CC(C)c1ccc(C(=O)N2CCCC2c2ccnc(N(C)C)c2)c(=O)[nH]1. The first-order valence-electron chi connectivity index (χ1n) is 9.06. The van der Waals surface area contributed by atoms with Crippen molar-refractivity contribution in [1.82, 2.24) is 14.9 Å². The van der Waals surface area contributed by atoms with Crippen molar-refractivity contribution in [3.05, 3.63) is 57.6 Å². The fourth-order valence-corrected chi connectivity index (χ4v) is 3.39. The lowest BCUT2D eigenvalue weighted by Crippen LogP contribution is -2.34. The third-order valence-corrected chi connectivity index (χ3v) is 4.91. The Bertz CT molecular complexity index is 857. The molecule has 0 radical (unpaired) electrons. The average Bonchev–Trinajstić information content (AvgIpc) is 3.10. The molecule has 2 aromatic rings. The largest absolute Gasteiger partial charge is 0.363 e. The quantitative estimate of drug-likeness (QED) is 0.916. The summed E-state index contributed by atoms with van der Waals surface area (Å²) in [5, 5.41) is 0. The molecule has 1 saturated heterocycles. The fourth-order valence-electron chi connectivity index (χ4n) is 3.39. The van der Waals surface area contributed by atoms with Crippen LogP contribution in [0, 0.1) is 0 Å². The molecule has 138 valence electrons. The maximum absolute atomic E-state index is 13.0. The first-order chi connectivity index (χ1) is 12.4. The predicted octanol–water partition coefficient (Wildman–Crippen LogP) is 2.94. The molecule has 1 aliphatic heterocycles. The molecular weight excluding hydrogens is 328 g/mol. The monoisotopic (exact) mass is 354 g/mol. The zero-order valence-corrected chi connectivity index (χ0v) is 15.8. The highest BCUT2D eigenvalue weighted by Crippen LogP contribution is 2.33. The molecule has 1 amide bonds. The lowest BCUT2D eigenvalue weighted by atomic mass is 10.0. The van der Waals surface area contributed by atoms with Crippen LogP contribution < -0.4 is 10.5 Å². The Hall–Kier alpha value is -2.63. The van der Waals surface area contributed by atoms with Crippen molar-refractivity contribution in [2.75, 3.05) is 25.5 Å². The van der Waals surface area contributed by atoms with E-state index in [4.69, 9.17) is 0 Å². The van der Waals surface area contributed by atoms with Gasteiger partial charge in [0.25, 0.3) is 11.5 Å². The van der Waals surface area contributed by atoms with Crippen molar-refractivity contribution in [3.8, 4) is 0 Å². The van der Waals surface area contributed by atoms with Gasteiger partial charge in [-0.15, -0.1) is 0 Å². The van der Waals surface area contributed by atoms with E-state index in [0.29, 0.717) is 6.54 Å². The van der Waals surface area contributed by atoms with E-state index in [-0.39, 0.29) is 29.0 Å². The molecule has 0 spiro atoms. The zero-order valence-electron chi connectivity index (χ0n) is 15.8. The number of pyridine rings is 2. The van der Waals surface area contributed by atoms with Gasteiger partial charge in [0.1, 0.15) is 11.4 Å².